The molecule has 1 aliphatic heterocycles. The molecule has 0 aliphatic carbocycles. The van der Waals surface area contributed by atoms with Gasteiger partial charge in [0.1, 0.15) is 11.6 Å². The van der Waals surface area contributed by atoms with Gasteiger partial charge >= 0.3 is 6.03 Å². The van der Waals surface area contributed by atoms with E-state index in [1.165, 1.54) is 17.0 Å². The van der Waals surface area contributed by atoms with Gasteiger partial charge in [0, 0.05) is 11.3 Å². The van der Waals surface area contributed by atoms with Crippen LogP contribution in [0.4, 0.5) is 14.9 Å². The fraction of sp³-hybridized carbons (Fsp3) is 0.179. The van der Waals surface area contributed by atoms with Crippen LogP contribution < -0.4 is 15.0 Å². The molecule has 1 aromatic heterocycles. The van der Waals surface area contributed by atoms with Gasteiger partial charge in [-0.2, -0.15) is 4.98 Å². The maximum atomic E-state index is 14.0. The molecule has 1 unspecified atom stereocenters. The molecule has 2 heterocycles. The lowest BCUT2D eigenvalue weighted by Crippen LogP contribution is -2.46. The van der Waals surface area contributed by atoms with Gasteiger partial charge in [0.05, 0.1) is 23.9 Å². The van der Waals surface area contributed by atoms with E-state index >= 15 is 0 Å². The molecule has 1 N–H and O–H groups in total. The molecule has 5 rings (SSSR count). The van der Waals surface area contributed by atoms with Crippen molar-refractivity contribution in [2.24, 2.45) is 0 Å². The van der Waals surface area contributed by atoms with Gasteiger partial charge < -0.3 is 14.6 Å². The molecule has 3 aromatic carbocycles. The summed E-state index contributed by atoms with van der Waals surface area (Å²) in [5.74, 6) is 0.993. The zero-order valence-corrected chi connectivity index (χ0v) is 20.2. The standard InChI is InChI=1S/C28H25FN4O3/c1-4-35-23-13-11-19(12-14-23)25-24(27-31-26(32-36-27)20-8-5-7-17(2)15-20)18(3)33(28(34)30-25)22-10-6-9-21(29)16-22/h5-16,25H,4H2,1-3H3,(H,30,34). The second-order valence-corrected chi connectivity index (χ2v) is 8.49. The van der Waals surface area contributed by atoms with Crippen LogP contribution in [0.5, 0.6) is 5.75 Å². The minimum atomic E-state index is -0.566. The molecule has 36 heavy (non-hydrogen) atoms. The van der Waals surface area contributed by atoms with E-state index in [-0.39, 0.29) is 11.9 Å². The van der Waals surface area contributed by atoms with Gasteiger partial charge in [-0.3, -0.25) is 4.90 Å². The number of halogens is 1. The van der Waals surface area contributed by atoms with E-state index in [9.17, 15) is 9.18 Å². The Morgan fingerprint density at radius 1 is 1.06 bits per heavy atom. The number of allylic oxidation sites excluding steroid dienone is 1. The molecule has 1 atom stereocenters. The summed E-state index contributed by atoms with van der Waals surface area (Å²) in [6, 6.07) is 20.2. The van der Waals surface area contributed by atoms with Crippen LogP contribution in [-0.4, -0.2) is 22.8 Å². The van der Waals surface area contributed by atoms with E-state index in [0.29, 0.717) is 29.4 Å². The molecule has 0 bridgehead atoms. The van der Waals surface area contributed by atoms with Crippen LogP contribution in [0.25, 0.3) is 17.0 Å². The number of rotatable bonds is 6. The highest BCUT2D eigenvalue weighted by Gasteiger charge is 2.36. The van der Waals surface area contributed by atoms with E-state index in [2.05, 4.69) is 15.5 Å². The SMILES string of the molecule is CCOc1ccc(C2NC(=O)N(c3cccc(F)c3)C(C)=C2c2nc(-c3cccc(C)c3)no2)cc1. The van der Waals surface area contributed by atoms with Gasteiger partial charge in [0.2, 0.25) is 5.82 Å². The number of aryl methyl sites for hydroxylation is 1. The van der Waals surface area contributed by atoms with E-state index in [1.807, 2.05) is 62.4 Å². The topological polar surface area (TPSA) is 80.5 Å². The van der Waals surface area contributed by atoms with Gasteiger partial charge in [-0.05, 0) is 62.7 Å². The third-order valence-electron chi connectivity index (χ3n) is 6.01. The van der Waals surface area contributed by atoms with Gasteiger partial charge in [0.25, 0.3) is 5.89 Å². The first-order valence-corrected chi connectivity index (χ1v) is 11.7. The molecule has 1 aliphatic rings. The zero-order valence-electron chi connectivity index (χ0n) is 20.2. The molecular formula is C28H25FN4O3. The maximum Gasteiger partial charge on any atom is 0.327 e. The zero-order chi connectivity index (χ0) is 25.2. The van der Waals surface area contributed by atoms with Crippen LogP contribution in [-0.2, 0) is 0 Å². The molecule has 0 saturated heterocycles. The highest BCUT2D eigenvalue weighted by Crippen LogP contribution is 2.39. The van der Waals surface area contributed by atoms with E-state index < -0.39 is 11.9 Å². The van der Waals surface area contributed by atoms with Crippen LogP contribution in [0.2, 0.25) is 0 Å². The van der Waals surface area contributed by atoms with Crippen LogP contribution >= 0.6 is 0 Å². The van der Waals surface area contributed by atoms with E-state index in [4.69, 9.17) is 9.26 Å². The molecule has 4 aromatic rings. The van der Waals surface area contributed by atoms with Crippen molar-refractivity contribution < 1.29 is 18.4 Å². The van der Waals surface area contributed by atoms with Crippen molar-refractivity contribution in [1.82, 2.24) is 15.5 Å². The van der Waals surface area contributed by atoms with Crippen molar-refractivity contribution in [3.63, 3.8) is 0 Å². The lowest BCUT2D eigenvalue weighted by molar-refractivity contribution is 0.244. The minimum absolute atomic E-state index is 0.268. The number of carbonyl (C=O) groups excluding carboxylic acids is 1. The van der Waals surface area contributed by atoms with Crippen molar-refractivity contribution in [3.8, 4) is 17.1 Å². The van der Waals surface area contributed by atoms with Gasteiger partial charge in [-0.15, -0.1) is 0 Å². The number of hydrogen-bond acceptors (Lipinski definition) is 5. The Morgan fingerprint density at radius 2 is 1.83 bits per heavy atom. The summed E-state index contributed by atoms with van der Waals surface area (Å²) in [7, 11) is 0. The van der Waals surface area contributed by atoms with Gasteiger partial charge in [-0.25, -0.2) is 9.18 Å². The smallest absolute Gasteiger partial charge is 0.327 e. The quantitative estimate of drug-likeness (QED) is 0.348. The first-order valence-electron chi connectivity index (χ1n) is 11.7. The molecule has 8 heteroatoms. The summed E-state index contributed by atoms with van der Waals surface area (Å²) in [5.41, 5.74) is 4.28. The van der Waals surface area contributed by atoms with Crippen LogP contribution in [0, 0.1) is 12.7 Å². The van der Waals surface area contributed by atoms with Gasteiger partial charge in [0.15, 0.2) is 0 Å². The number of hydrogen-bond donors (Lipinski definition) is 1. The number of benzene rings is 3. The van der Waals surface area contributed by atoms with Crippen LogP contribution in [0.15, 0.2) is 83.0 Å². The fourth-order valence-corrected chi connectivity index (χ4v) is 4.35. The normalized spacial score (nSPS) is 15.7. The number of aromatic nitrogens is 2. The molecule has 0 spiro atoms. The summed E-state index contributed by atoms with van der Waals surface area (Å²) >= 11 is 0. The van der Waals surface area contributed by atoms with E-state index in [0.717, 1.165) is 22.4 Å². The lowest BCUT2D eigenvalue weighted by atomic mass is 9.94. The number of urea groups is 1. The Hall–Kier alpha value is -4.46. The average Bonchev–Trinajstić information content (AvgIpc) is 3.34. The van der Waals surface area contributed by atoms with Gasteiger partial charge in [-0.1, -0.05) is 47.1 Å². The molecule has 2 amide bonds. The second-order valence-electron chi connectivity index (χ2n) is 8.49. The molecule has 182 valence electrons. The second kappa shape index (κ2) is 9.65. The largest absolute Gasteiger partial charge is 0.494 e. The molecular weight excluding hydrogens is 459 g/mol. The Bertz CT molecular complexity index is 1450. The summed E-state index contributed by atoms with van der Waals surface area (Å²) in [6.07, 6.45) is 0. The molecule has 0 saturated carbocycles. The predicted molar refractivity (Wildman–Crippen MR) is 135 cm³/mol. The predicted octanol–water partition coefficient (Wildman–Crippen LogP) is 6.28. The van der Waals surface area contributed by atoms with Crippen LogP contribution in [0.3, 0.4) is 0 Å². The number of carbonyl (C=O) groups is 1. The highest BCUT2D eigenvalue weighted by atomic mass is 19.1. The summed E-state index contributed by atoms with van der Waals surface area (Å²) in [5, 5.41) is 7.23. The van der Waals surface area contributed by atoms with Crippen molar-refractivity contribution in [2.75, 3.05) is 11.5 Å². The Kier molecular flexibility index (Phi) is 6.25. The minimum Gasteiger partial charge on any atom is -0.494 e. The summed E-state index contributed by atoms with van der Waals surface area (Å²) in [6.45, 7) is 6.25. The molecule has 0 radical (unpaired) electrons. The number of anilines is 1. The summed E-state index contributed by atoms with van der Waals surface area (Å²) < 4.78 is 25.3. The monoisotopic (exact) mass is 484 g/mol. The Morgan fingerprint density at radius 3 is 2.56 bits per heavy atom. The Balaban J connectivity index is 1.63. The first-order chi connectivity index (χ1) is 17.4. The highest BCUT2D eigenvalue weighted by molar-refractivity contribution is 6.01. The Labute approximate surface area is 208 Å². The third kappa shape index (κ3) is 4.45. The third-order valence-corrected chi connectivity index (χ3v) is 6.01. The number of ether oxygens (including phenoxy) is 1. The first kappa shape index (κ1) is 23.3. The molecule has 0 fully saturated rings. The van der Waals surface area contributed by atoms with E-state index in [1.54, 1.807) is 19.1 Å². The lowest BCUT2D eigenvalue weighted by Gasteiger charge is -2.35. The molecule has 7 nitrogen and oxygen atoms in total. The number of amides is 2. The van der Waals surface area contributed by atoms with Crippen molar-refractivity contribution in [1.29, 1.82) is 0 Å². The fourth-order valence-electron chi connectivity index (χ4n) is 4.35. The average molecular weight is 485 g/mol. The summed E-state index contributed by atoms with van der Waals surface area (Å²) in [4.78, 5) is 19.4. The van der Waals surface area contributed by atoms with Crippen LogP contribution in [0.1, 0.15) is 36.9 Å². The van der Waals surface area contributed by atoms with Crippen molar-refractivity contribution >= 4 is 17.3 Å². The van der Waals surface area contributed by atoms with Crippen molar-refractivity contribution in [2.45, 2.75) is 26.8 Å². The number of nitrogens with one attached hydrogen (secondary N) is 1. The van der Waals surface area contributed by atoms with Crippen molar-refractivity contribution in [3.05, 3.63) is 101 Å². The number of nitrogens with zero attached hydrogens (tertiary/aromatic N) is 3. The maximum absolute atomic E-state index is 14.0.